The fourth-order valence-corrected chi connectivity index (χ4v) is 1.32. The van der Waals surface area contributed by atoms with Crippen LogP contribution in [0.3, 0.4) is 0 Å². The molecule has 0 atom stereocenters. The Morgan fingerprint density at radius 3 is 3.00 bits per heavy atom. The van der Waals surface area contributed by atoms with Crippen LogP contribution in [0, 0.1) is 5.92 Å². The van der Waals surface area contributed by atoms with Gasteiger partial charge in [0.15, 0.2) is 5.78 Å². The number of carbonyl (C=O) groups is 1. The van der Waals surface area contributed by atoms with Crippen molar-refractivity contribution in [1.29, 1.82) is 0 Å². The first-order valence-electron chi connectivity index (χ1n) is 4.50. The average molecular weight is 176 g/mol. The van der Waals surface area contributed by atoms with Crippen LogP contribution in [-0.4, -0.2) is 10.8 Å². The summed E-state index contributed by atoms with van der Waals surface area (Å²) in [4.78, 5) is 15.6. The fraction of sp³-hybridized carbons (Fsp3) is 0.400. The predicted octanol–water partition coefficient (Wildman–Crippen LogP) is 1.13. The third-order valence-electron chi connectivity index (χ3n) is 2.26. The van der Waals surface area contributed by atoms with Gasteiger partial charge in [-0.2, -0.15) is 0 Å². The Hall–Kier alpha value is -1.22. The van der Waals surface area contributed by atoms with Gasteiger partial charge in [-0.3, -0.25) is 9.78 Å². The Kier molecular flexibility index (Phi) is 2.10. The van der Waals surface area contributed by atoms with E-state index in [0.29, 0.717) is 6.54 Å². The van der Waals surface area contributed by atoms with Gasteiger partial charge < -0.3 is 5.73 Å². The van der Waals surface area contributed by atoms with Crippen molar-refractivity contribution in [3.05, 3.63) is 29.6 Å². The normalized spacial score (nSPS) is 15.8. The van der Waals surface area contributed by atoms with Gasteiger partial charge in [-0.25, -0.2) is 0 Å². The van der Waals surface area contributed by atoms with Gasteiger partial charge in [0.05, 0.1) is 5.69 Å². The number of rotatable bonds is 3. The molecule has 68 valence electrons. The molecule has 1 heterocycles. The zero-order chi connectivity index (χ0) is 9.26. The van der Waals surface area contributed by atoms with Crippen LogP contribution in [0.25, 0.3) is 0 Å². The van der Waals surface area contributed by atoms with Crippen LogP contribution in [0.2, 0.25) is 0 Å². The molecule has 13 heavy (non-hydrogen) atoms. The van der Waals surface area contributed by atoms with E-state index in [9.17, 15) is 4.79 Å². The quantitative estimate of drug-likeness (QED) is 0.702. The minimum absolute atomic E-state index is 0.247. The molecule has 1 aromatic rings. The lowest BCUT2D eigenvalue weighted by molar-refractivity contribution is 0.0967. The minimum atomic E-state index is 0.247. The Labute approximate surface area is 77.0 Å². The highest BCUT2D eigenvalue weighted by Gasteiger charge is 2.30. The van der Waals surface area contributed by atoms with E-state index in [1.165, 1.54) is 0 Å². The molecular weight excluding hydrogens is 164 g/mol. The van der Waals surface area contributed by atoms with Gasteiger partial charge in [0.2, 0.25) is 0 Å². The summed E-state index contributed by atoms with van der Waals surface area (Å²) < 4.78 is 0. The molecule has 0 aliphatic heterocycles. The summed E-state index contributed by atoms with van der Waals surface area (Å²) in [5, 5.41) is 0. The molecule has 0 unspecified atom stereocenters. The molecular formula is C10H12N2O. The number of carbonyl (C=O) groups excluding carboxylic acids is 1. The van der Waals surface area contributed by atoms with Gasteiger partial charge in [-0.05, 0) is 25.0 Å². The van der Waals surface area contributed by atoms with Crippen molar-refractivity contribution < 1.29 is 4.79 Å². The largest absolute Gasteiger partial charge is 0.325 e. The molecule has 3 heteroatoms. The van der Waals surface area contributed by atoms with Crippen molar-refractivity contribution in [3.63, 3.8) is 0 Å². The van der Waals surface area contributed by atoms with Crippen LogP contribution in [0.15, 0.2) is 18.3 Å². The van der Waals surface area contributed by atoms with Crippen molar-refractivity contribution in [2.45, 2.75) is 19.4 Å². The Morgan fingerprint density at radius 2 is 2.38 bits per heavy atom. The molecule has 0 aromatic carbocycles. The van der Waals surface area contributed by atoms with E-state index in [0.717, 1.165) is 24.1 Å². The SMILES string of the molecule is NCc1cc(C(=O)C2CC2)ccn1. The smallest absolute Gasteiger partial charge is 0.166 e. The summed E-state index contributed by atoms with van der Waals surface area (Å²) in [6.45, 7) is 0.395. The standard InChI is InChI=1S/C10H12N2O/c11-6-9-5-8(3-4-12-9)10(13)7-1-2-7/h3-5,7H,1-2,6,11H2. The zero-order valence-electron chi connectivity index (χ0n) is 7.36. The number of pyridine rings is 1. The number of hydrogen-bond acceptors (Lipinski definition) is 3. The maximum Gasteiger partial charge on any atom is 0.166 e. The average Bonchev–Trinajstić information content (AvgIpc) is 3.00. The molecule has 1 aliphatic carbocycles. The van der Waals surface area contributed by atoms with Crippen LogP contribution in [0.1, 0.15) is 28.9 Å². The molecule has 1 fully saturated rings. The Morgan fingerprint density at radius 1 is 1.62 bits per heavy atom. The lowest BCUT2D eigenvalue weighted by Crippen LogP contribution is -2.05. The van der Waals surface area contributed by atoms with E-state index < -0.39 is 0 Å². The van der Waals surface area contributed by atoms with Gasteiger partial charge in [-0.1, -0.05) is 0 Å². The first-order chi connectivity index (χ1) is 6.31. The number of Topliss-reactive ketones (excluding diaryl/α,β-unsaturated/α-hetero) is 1. The first kappa shape index (κ1) is 8.38. The van der Waals surface area contributed by atoms with Crippen LogP contribution >= 0.6 is 0 Å². The number of hydrogen-bond donors (Lipinski definition) is 1. The topological polar surface area (TPSA) is 56.0 Å². The molecule has 1 saturated carbocycles. The molecule has 0 spiro atoms. The summed E-state index contributed by atoms with van der Waals surface area (Å²) in [5.74, 6) is 0.519. The van der Waals surface area contributed by atoms with Gasteiger partial charge in [0.1, 0.15) is 0 Å². The second kappa shape index (κ2) is 3.26. The molecule has 0 saturated heterocycles. The van der Waals surface area contributed by atoms with Gasteiger partial charge in [-0.15, -0.1) is 0 Å². The van der Waals surface area contributed by atoms with Crippen molar-refractivity contribution in [2.24, 2.45) is 11.7 Å². The van der Waals surface area contributed by atoms with Crippen molar-refractivity contribution >= 4 is 5.78 Å². The minimum Gasteiger partial charge on any atom is -0.325 e. The van der Waals surface area contributed by atoms with E-state index in [-0.39, 0.29) is 11.7 Å². The molecule has 0 radical (unpaired) electrons. The van der Waals surface area contributed by atoms with E-state index in [2.05, 4.69) is 4.98 Å². The van der Waals surface area contributed by atoms with Gasteiger partial charge in [0.25, 0.3) is 0 Å². The molecule has 2 rings (SSSR count). The van der Waals surface area contributed by atoms with Crippen LogP contribution in [-0.2, 0) is 6.54 Å². The van der Waals surface area contributed by atoms with Crippen LogP contribution < -0.4 is 5.73 Å². The predicted molar refractivity (Wildman–Crippen MR) is 49.2 cm³/mol. The number of nitrogens with two attached hydrogens (primary N) is 1. The first-order valence-corrected chi connectivity index (χ1v) is 4.50. The van der Waals surface area contributed by atoms with Crippen LogP contribution in [0.5, 0.6) is 0 Å². The molecule has 3 nitrogen and oxygen atoms in total. The highest BCUT2D eigenvalue weighted by atomic mass is 16.1. The number of ketones is 1. The number of nitrogens with zero attached hydrogens (tertiary/aromatic N) is 1. The fourth-order valence-electron chi connectivity index (χ4n) is 1.32. The molecule has 1 aliphatic rings. The second-order valence-electron chi connectivity index (χ2n) is 3.38. The zero-order valence-corrected chi connectivity index (χ0v) is 7.36. The van der Waals surface area contributed by atoms with Crippen molar-refractivity contribution in [2.75, 3.05) is 0 Å². The summed E-state index contributed by atoms with van der Waals surface area (Å²) in [6.07, 6.45) is 3.73. The molecule has 0 amide bonds. The highest BCUT2D eigenvalue weighted by Crippen LogP contribution is 2.32. The second-order valence-corrected chi connectivity index (χ2v) is 3.38. The lowest BCUT2D eigenvalue weighted by atomic mass is 10.1. The molecule has 2 N–H and O–H groups in total. The Balaban J connectivity index is 2.23. The van der Waals surface area contributed by atoms with E-state index in [4.69, 9.17) is 5.73 Å². The molecule has 1 aromatic heterocycles. The maximum atomic E-state index is 11.6. The molecule has 0 bridgehead atoms. The summed E-state index contributed by atoms with van der Waals surface area (Å²) in [7, 11) is 0. The van der Waals surface area contributed by atoms with E-state index in [1.54, 1.807) is 18.3 Å². The van der Waals surface area contributed by atoms with Crippen molar-refractivity contribution in [1.82, 2.24) is 4.98 Å². The van der Waals surface area contributed by atoms with Crippen molar-refractivity contribution in [3.8, 4) is 0 Å². The highest BCUT2D eigenvalue weighted by molar-refractivity contribution is 5.99. The van der Waals surface area contributed by atoms with Crippen LogP contribution in [0.4, 0.5) is 0 Å². The van der Waals surface area contributed by atoms with E-state index in [1.807, 2.05) is 0 Å². The summed E-state index contributed by atoms with van der Waals surface area (Å²) in [5.41, 5.74) is 6.98. The third-order valence-corrected chi connectivity index (χ3v) is 2.26. The third kappa shape index (κ3) is 1.75. The van der Waals surface area contributed by atoms with Gasteiger partial charge >= 0.3 is 0 Å². The monoisotopic (exact) mass is 176 g/mol. The summed E-state index contributed by atoms with van der Waals surface area (Å²) >= 11 is 0. The Bertz CT molecular complexity index is 331. The summed E-state index contributed by atoms with van der Waals surface area (Å²) in [6, 6.07) is 3.56. The van der Waals surface area contributed by atoms with Gasteiger partial charge in [0, 0.05) is 24.2 Å². The number of aromatic nitrogens is 1. The van der Waals surface area contributed by atoms with E-state index >= 15 is 0 Å². The lowest BCUT2D eigenvalue weighted by Gasteiger charge is -2.00. The maximum absolute atomic E-state index is 11.6.